The third kappa shape index (κ3) is 2.60. The van der Waals surface area contributed by atoms with Gasteiger partial charge in [0.1, 0.15) is 4.90 Å². The fourth-order valence-electron chi connectivity index (χ4n) is 0.951. The Hall–Kier alpha value is -0.820. The standard InChI is InChI=1S/C7H6Cl2N2O3S/c8-3-1-4(7(10)12)6(9)5(2-3)15(11,13)14/h1-2H,(H2,10,12)(H2,11,13,14). The molecule has 0 bridgehead atoms. The zero-order valence-corrected chi connectivity index (χ0v) is 9.53. The minimum absolute atomic E-state index is 0.0113. The molecule has 0 radical (unpaired) electrons. The second-order valence-electron chi connectivity index (χ2n) is 2.67. The summed E-state index contributed by atoms with van der Waals surface area (Å²) in [6.45, 7) is 0. The van der Waals surface area contributed by atoms with Crippen LogP contribution >= 0.6 is 23.2 Å². The third-order valence-electron chi connectivity index (χ3n) is 1.58. The minimum atomic E-state index is -4.04. The lowest BCUT2D eigenvalue weighted by atomic mass is 10.2. The first-order valence-electron chi connectivity index (χ1n) is 3.55. The van der Waals surface area contributed by atoms with Crippen molar-refractivity contribution in [1.29, 1.82) is 0 Å². The Morgan fingerprint density at radius 2 is 1.80 bits per heavy atom. The van der Waals surface area contributed by atoms with Crippen molar-refractivity contribution in [3.63, 3.8) is 0 Å². The first-order valence-corrected chi connectivity index (χ1v) is 5.85. The van der Waals surface area contributed by atoms with E-state index < -0.39 is 20.8 Å². The Labute approximate surface area is 96.0 Å². The average Bonchev–Trinajstić information content (AvgIpc) is 2.06. The molecule has 0 aliphatic rings. The van der Waals surface area contributed by atoms with Crippen LogP contribution in [0, 0.1) is 0 Å². The van der Waals surface area contributed by atoms with Gasteiger partial charge in [-0.3, -0.25) is 4.79 Å². The number of sulfonamides is 1. The van der Waals surface area contributed by atoms with Crippen LogP contribution in [0.15, 0.2) is 17.0 Å². The van der Waals surface area contributed by atoms with Crippen LogP contribution in [0.25, 0.3) is 0 Å². The number of primary amides is 1. The number of nitrogens with two attached hydrogens (primary N) is 2. The summed E-state index contributed by atoms with van der Waals surface area (Å²) in [5.41, 5.74) is 4.79. The Morgan fingerprint density at radius 1 is 1.27 bits per heavy atom. The summed E-state index contributed by atoms with van der Waals surface area (Å²) in [6.07, 6.45) is 0. The van der Waals surface area contributed by atoms with Crippen LogP contribution in [0.3, 0.4) is 0 Å². The highest BCUT2D eigenvalue weighted by Crippen LogP contribution is 2.28. The lowest BCUT2D eigenvalue weighted by Crippen LogP contribution is -2.17. The lowest BCUT2D eigenvalue weighted by molar-refractivity contribution is 0.1000. The molecule has 0 aromatic heterocycles. The van der Waals surface area contributed by atoms with Crippen LogP contribution in [0.5, 0.6) is 0 Å². The molecule has 5 nitrogen and oxygen atoms in total. The zero-order chi connectivity index (χ0) is 11.8. The van der Waals surface area contributed by atoms with Gasteiger partial charge in [-0.2, -0.15) is 0 Å². The fraction of sp³-hybridized carbons (Fsp3) is 0. The molecule has 1 aromatic rings. The van der Waals surface area contributed by atoms with Gasteiger partial charge in [0.15, 0.2) is 0 Å². The molecule has 0 heterocycles. The Balaban J connectivity index is 3.63. The number of carbonyl (C=O) groups excluding carboxylic acids is 1. The van der Waals surface area contributed by atoms with E-state index >= 15 is 0 Å². The molecule has 0 saturated heterocycles. The summed E-state index contributed by atoms with van der Waals surface area (Å²) in [5.74, 6) is -0.882. The summed E-state index contributed by atoms with van der Waals surface area (Å²) >= 11 is 11.2. The van der Waals surface area contributed by atoms with Crippen molar-refractivity contribution < 1.29 is 13.2 Å². The van der Waals surface area contributed by atoms with Gasteiger partial charge in [-0.15, -0.1) is 0 Å². The molecular formula is C7H6Cl2N2O3S. The fourth-order valence-corrected chi connectivity index (χ4v) is 2.41. The maximum absolute atomic E-state index is 11.1. The molecule has 15 heavy (non-hydrogen) atoms. The van der Waals surface area contributed by atoms with E-state index in [-0.39, 0.29) is 15.6 Å². The number of primary sulfonamides is 1. The number of hydrogen-bond donors (Lipinski definition) is 2. The summed E-state index contributed by atoms with van der Waals surface area (Å²) in [7, 11) is -4.04. The molecule has 4 N–H and O–H groups in total. The maximum Gasteiger partial charge on any atom is 0.250 e. The first-order chi connectivity index (χ1) is 6.73. The molecule has 1 rings (SSSR count). The van der Waals surface area contributed by atoms with Crippen molar-refractivity contribution in [3.05, 3.63) is 27.7 Å². The van der Waals surface area contributed by atoms with E-state index in [1.165, 1.54) is 6.07 Å². The van der Waals surface area contributed by atoms with Crippen LogP contribution in [-0.2, 0) is 10.0 Å². The number of rotatable bonds is 2. The van der Waals surface area contributed by atoms with E-state index in [4.69, 9.17) is 34.1 Å². The van der Waals surface area contributed by atoms with Gasteiger partial charge in [0.25, 0.3) is 0 Å². The highest BCUT2D eigenvalue weighted by atomic mass is 35.5. The summed E-state index contributed by atoms with van der Waals surface area (Å²) < 4.78 is 22.1. The number of benzene rings is 1. The minimum Gasteiger partial charge on any atom is -0.366 e. The van der Waals surface area contributed by atoms with Gasteiger partial charge in [0.2, 0.25) is 15.9 Å². The quantitative estimate of drug-likeness (QED) is 0.827. The second-order valence-corrected chi connectivity index (χ2v) is 5.02. The number of amides is 1. The molecule has 0 unspecified atom stereocenters. The van der Waals surface area contributed by atoms with Crippen LogP contribution in [0.2, 0.25) is 10.0 Å². The molecule has 1 aromatic carbocycles. The van der Waals surface area contributed by atoms with Crippen molar-refractivity contribution in [2.75, 3.05) is 0 Å². The molecular weight excluding hydrogens is 263 g/mol. The van der Waals surface area contributed by atoms with Crippen LogP contribution in [0.1, 0.15) is 10.4 Å². The average molecular weight is 269 g/mol. The monoisotopic (exact) mass is 268 g/mol. The number of halogens is 2. The number of hydrogen-bond acceptors (Lipinski definition) is 3. The predicted octanol–water partition coefficient (Wildman–Crippen LogP) is 0.740. The van der Waals surface area contributed by atoms with Gasteiger partial charge in [-0.1, -0.05) is 23.2 Å². The molecule has 0 atom stereocenters. The predicted molar refractivity (Wildman–Crippen MR) is 56.4 cm³/mol. The molecule has 0 saturated carbocycles. The topological polar surface area (TPSA) is 103 Å². The van der Waals surface area contributed by atoms with Crippen molar-refractivity contribution in [3.8, 4) is 0 Å². The molecule has 0 aliphatic carbocycles. The van der Waals surface area contributed by atoms with Crippen molar-refractivity contribution in [2.24, 2.45) is 10.9 Å². The van der Waals surface area contributed by atoms with Crippen molar-refractivity contribution in [2.45, 2.75) is 4.90 Å². The molecule has 0 spiro atoms. The van der Waals surface area contributed by atoms with E-state index in [1.54, 1.807) is 0 Å². The normalized spacial score (nSPS) is 11.4. The van der Waals surface area contributed by atoms with E-state index in [2.05, 4.69) is 0 Å². The molecule has 8 heteroatoms. The summed E-state index contributed by atoms with van der Waals surface area (Å²) in [6, 6.07) is 2.21. The Bertz CT molecular complexity index is 527. The molecule has 0 aliphatic heterocycles. The van der Waals surface area contributed by atoms with Crippen molar-refractivity contribution in [1.82, 2.24) is 0 Å². The molecule has 1 amide bonds. The van der Waals surface area contributed by atoms with Crippen LogP contribution in [-0.4, -0.2) is 14.3 Å². The third-order valence-corrected chi connectivity index (χ3v) is 3.25. The largest absolute Gasteiger partial charge is 0.366 e. The van der Waals surface area contributed by atoms with E-state index in [0.29, 0.717) is 0 Å². The SMILES string of the molecule is NC(=O)c1cc(Cl)cc(S(N)(=O)=O)c1Cl. The maximum atomic E-state index is 11.1. The smallest absolute Gasteiger partial charge is 0.250 e. The van der Waals surface area contributed by atoms with Gasteiger partial charge < -0.3 is 5.73 Å². The van der Waals surface area contributed by atoms with Gasteiger partial charge in [0.05, 0.1) is 10.6 Å². The van der Waals surface area contributed by atoms with Gasteiger partial charge in [-0.05, 0) is 12.1 Å². The van der Waals surface area contributed by atoms with Gasteiger partial charge >= 0.3 is 0 Å². The van der Waals surface area contributed by atoms with Gasteiger partial charge in [0, 0.05) is 5.02 Å². The second kappa shape index (κ2) is 3.97. The summed E-state index contributed by atoms with van der Waals surface area (Å²) in [5, 5.41) is 4.56. The van der Waals surface area contributed by atoms with E-state index in [0.717, 1.165) is 6.07 Å². The molecule has 82 valence electrons. The van der Waals surface area contributed by atoms with Crippen LogP contribution < -0.4 is 10.9 Å². The molecule has 0 fully saturated rings. The lowest BCUT2D eigenvalue weighted by Gasteiger charge is -2.06. The Kier molecular flexibility index (Phi) is 3.25. The zero-order valence-electron chi connectivity index (χ0n) is 7.20. The van der Waals surface area contributed by atoms with Gasteiger partial charge in [-0.25, -0.2) is 13.6 Å². The summed E-state index contributed by atoms with van der Waals surface area (Å²) in [4.78, 5) is 10.5. The Morgan fingerprint density at radius 3 is 2.20 bits per heavy atom. The highest BCUT2D eigenvalue weighted by molar-refractivity contribution is 7.89. The van der Waals surface area contributed by atoms with E-state index in [1.807, 2.05) is 0 Å². The first kappa shape index (κ1) is 12.3. The van der Waals surface area contributed by atoms with Crippen molar-refractivity contribution >= 4 is 39.1 Å². The van der Waals surface area contributed by atoms with Crippen LogP contribution in [0.4, 0.5) is 0 Å². The number of carbonyl (C=O) groups is 1. The van der Waals surface area contributed by atoms with E-state index in [9.17, 15) is 13.2 Å². The highest BCUT2D eigenvalue weighted by Gasteiger charge is 2.19.